The van der Waals surface area contributed by atoms with E-state index < -0.39 is 10.0 Å². The molecule has 1 saturated carbocycles. The minimum absolute atomic E-state index is 0.386. The monoisotopic (exact) mass is 313 g/mol. The van der Waals surface area contributed by atoms with Crippen molar-refractivity contribution in [1.29, 1.82) is 0 Å². The van der Waals surface area contributed by atoms with Gasteiger partial charge in [-0.1, -0.05) is 20.8 Å². The topological polar surface area (TPSA) is 63.1 Å². The van der Waals surface area contributed by atoms with Crippen molar-refractivity contribution in [3.63, 3.8) is 0 Å². The van der Waals surface area contributed by atoms with Crippen LogP contribution in [0.3, 0.4) is 0 Å². The Morgan fingerprint density at radius 1 is 1.38 bits per heavy atom. The lowest BCUT2D eigenvalue weighted by Crippen LogP contribution is -2.25. The summed E-state index contributed by atoms with van der Waals surface area (Å²) >= 11 is 0. The van der Waals surface area contributed by atoms with Crippen LogP contribution >= 0.6 is 0 Å². The first kappa shape index (κ1) is 16.5. The maximum atomic E-state index is 12.4. The summed E-state index contributed by atoms with van der Waals surface area (Å²) in [6, 6.07) is 1.79. The van der Waals surface area contributed by atoms with Crippen LogP contribution in [-0.4, -0.2) is 26.1 Å². The van der Waals surface area contributed by atoms with Crippen LogP contribution < -0.4 is 10.0 Å². The molecule has 0 bridgehead atoms. The molecular formula is C15H27N3O2S. The highest BCUT2D eigenvalue weighted by molar-refractivity contribution is 7.89. The van der Waals surface area contributed by atoms with Gasteiger partial charge in [0, 0.05) is 31.5 Å². The van der Waals surface area contributed by atoms with Gasteiger partial charge in [-0.2, -0.15) is 0 Å². The molecule has 2 N–H and O–H groups in total. The number of rotatable bonds is 9. The fraction of sp³-hybridized carbons (Fsp3) is 0.733. The van der Waals surface area contributed by atoms with Gasteiger partial charge in [0.15, 0.2) is 0 Å². The highest BCUT2D eigenvalue weighted by atomic mass is 32.2. The zero-order valence-corrected chi connectivity index (χ0v) is 14.0. The van der Waals surface area contributed by atoms with E-state index >= 15 is 0 Å². The van der Waals surface area contributed by atoms with Crippen molar-refractivity contribution in [3.8, 4) is 0 Å². The fourth-order valence-corrected chi connectivity index (χ4v) is 3.66. The third-order valence-electron chi connectivity index (χ3n) is 4.10. The van der Waals surface area contributed by atoms with E-state index in [2.05, 4.69) is 23.9 Å². The van der Waals surface area contributed by atoms with E-state index in [-0.39, 0.29) is 0 Å². The number of aryl methyl sites for hydroxylation is 1. The molecule has 0 radical (unpaired) electrons. The Labute approximate surface area is 128 Å². The standard InChI is InChI=1S/C15H27N3O2S/c1-4-6-18-11-15(8-14(18)10-16-5-2)21(19,20)17-9-13-7-12(13)3/h8,11-13,16-17H,4-7,9-10H2,1-3H3. The molecule has 1 aliphatic rings. The van der Waals surface area contributed by atoms with Crippen LogP contribution in [0.15, 0.2) is 17.2 Å². The van der Waals surface area contributed by atoms with Crippen molar-refractivity contribution in [2.24, 2.45) is 11.8 Å². The lowest BCUT2D eigenvalue weighted by molar-refractivity contribution is 0.573. The summed E-state index contributed by atoms with van der Waals surface area (Å²) in [6.45, 7) is 9.27. The predicted octanol–water partition coefficient (Wildman–Crippen LogP) is 1.94. The number of sulfonamides is 1. The number of aromatic nitrogens is 1. The van der Waals surface area contributed by atoms with Crippen molar-refractivity contribution in [2.75, 3.05) is 13.1 Å². The van der Waals surface area contributed by atoms with E-state index in [0.29, 0.717) is 29.8 Å². The second kappa shape index (κ2) is 6.94. The Bertz CT molecular complexity index is 565. The number of nitrogens with one attached hydrogen (secondary N) is 2. The van der Waals surface area contributed by atoms with Crippen LogP contribution in [0.1, 0.15) is 39.3 Å². The van der Waals surface area contributed by atoms with Crippen LogP contribution in [0, 0.1) is 11.8 Å². The molecule has 1 heterocycles. The highest BCUT2D eigenvalue weighted by Crippen LogP contribution is 2.37. The highest BCUT2D eigenvalue weighted by Gasteiger charge is 2.33. The summed E-state index contributed by atoms with van der Waals surface area (Å²) in [5.41, 5.74) is 1.03. The normalized spacial score (nSPS) is 21.7. The summed E-state index contributed by atoms with van der Waals surface area (Å²) in [4.78, 5) is 0.386. The molecule has 6 heteroatoms. The first-order valence-corrected chi connectivity index (χ1v) is 9.35. The average molecular weight is 313 g/mol. The number of hydrogen-bond acceptors (Lipinski definition) is 3. The molecule has 0 amide bonds. The van der Waals surface area contributed by atoms with Crippen LogP contribution in [0.4, 0.5) is 0 Å². The smallest absolute Gasteiger partial charge is 0.242 e. The van der Waals surface area contributed by atoms with Gasteiger partial charge in [-0.25, -0.2) is 13.1 Å². The van der Waals surface area contributed by atoms with Gasteiger partial charge in [-0.3, -0.25) is 0 Å². The van der Waals surface area contributed by atoms with Crippen LogP contribution in [0.25, 0.3) is 0 Å². The van der Waals surface area contributed by atoms with E-state index in [1.807, 2.05) is 11.5 Å². The fourth-order valence-electron chi connectivity index (χ4n) is 2.51. The molecule has 2 atom stereocenters. The summed E-state index contributed by atoms with van der Waals surface area (Å²) in [5.74, 6) is 1.17. The number of hydrogen-bond donors (Lipinski definition) is 2. The Balaban J connectivity index is 2.09. The second-order valence-electron chi connectivity index (χ2n) is 5.97. The Morgan fingerprint density at radius 2 is 2.10 bits per heavy atom. The maximum absolute atomic E-state index is 12.4. The lowest BCUT2D eigenvalue weighted by Gasteiger charge is -2.07. The molecule has 1 aliphatic carbocycles. The van der Waals surface area contributed by atoms with Crippen molar-refractivity contribution < 1.29 is 8.42 Å². The molecule has 2 rings (SSSR count). The first-order chi connectivity index (χ1) is 9.97. The summed E-state index contributed by atoms with van der Waals surface area (Å²) in [7, 11) is -3.38. The molecule has 0 aromatic carbocycles. The van der Waals surface area contributed by atoms with Gasteiger partial charge in [0.1, 0.15) is 0 Å². The predicted molar refractivity (Wildman–Crippen MR) is 84.6 cm³/mol. The van der Waals surface area contributed by atoms with Gasteiger partial charge < -0.3 is 9.88 Å². The van der Waals surface area contributed by atoms with E-state index in [1.165, 1.54) is 0 Å². The molecule has 1 fully saturated rings. The van der Waals surface area contributed by atoms with Gasteiger partial charge >= 0.3 is 0 Å². The molecule has 21 heavy (non-hydrogen) atoms. The van der Waals surface area contributed by atoms with Crippen molar-refractivity contribution in [1.82, 2.24) is 14.6 Å². The zero-order chi connectivity index (χ0) is 15.5. The van der Waals surface area contributed by atoms with Crippen LogP contribution in [0.2, 0.25) is 0 Å². The van der Waals surface area contributed by atoms with E-state index in [0.717, 1.165) is 31.6 Å². The Morgan fingerprint density at radius 3 is 2.67 bits per heavy atom. The Hall–Kier alpha value is -0.850. The first-order valence-electron chi connectivity index (χ1n) is 7.87. The van der Waals surface area contributed by atoms with Gasteiger partial charge in [-0.05, 0) is 37.3 Å². The molecule has 120 valence electrons. The van der Waals surface area contributed by atoms with Gasteiger partial charge in [0.05, 0.1) is 4.90 Å². The average Bonchev–Trinajstić information content (AvgIpc) is 2.99. The Kier molecular flexibility index (Phi) is 5.46. The van der Waals surface area contributed by atoms with Gasteiger partial charge in [0.2, 0.25) is 10.0 Å². The van der Waals surface area contributed by atoms with Crippen molar-refractivity contribution in [3.05, 3.63) is 18.0 Å². The van der Waals surface area contributed by atoms with Gasteiger partial charge in [-0.15, -0.1) is 0 Å². The minimum Gasteiger partial charge on any atom is -0.349 e. The molecule has 1 aromatic rings. The van der Waals surface area contributed by atoms with E-state index in [1.54, 1.807) is 12.3 Å². The third kappa shape index (κ3) is 4.31. The summed E-state index contributed by atoms with van der Waals surface area (Å²) < 4.78 is 29.5. The molecule has 0 aliphatic heterocycles. The molecular weight excluding hydrogens is 286 g/mol. The summed E-state index contributed by atoms with van der Waals surface area (Å²) in [5, 5.41) is 3.26. The van der Waals surface area contributed by atoms with E-state index in [9.17, 15) is 8.42 Å². The second-order valence-corrected chi connectivity index (χ2v) is 7.73. The van der Waals surface area contributed by atoms with E-state index in [4.69, 9.17) is 0 Å². The van der Waals surface area contributed by atoms with Crippen LogP contribution in [-0.2, 0) is 23.1 Å². The molecule has 1 aromatic heterocycles. The summed E-state index contributed by atoms with van der Waals surface area (Å²) in [6.07, 6.45) is 3.88. The van der Waals surface area contributed by atoms with Crippen molar-refractivity contribution >= 4 is 10.0 Å². The quantitative estimate of drug-likeness (QED) is 0.732. The molecule has 2 unspecified atom stereocenters. The lowest BCUT2D eigenvalue weighted by atomic mass is 10.3. The molecule has 0 saturated heterocycles. The van der Waals surface area contributed by atoms with Crippen molar-refractivity contribution in [2.45, 2.75) is 51.6 Å². The maximum Gasteiger partial charge on any atom is 0.242 e. The SMILES string of the molecule is CCCn1cc(S(=O)(=O)NCC2CC2C)cc1CNCC. The minimum atomic E-state index is -3.38. The zero-order valence-electron chi connectivity index (χ0n) is 13.2. The molecule has 0 spiro atoms. The largest absolute Gasteiger partial charge is 0.349 e. The van der Waals surface area contributed by atoms with Crippen LogP contribution in [0.5, 0.6) is 0 Å². The van der Waals surface area contributed by atoms with Gasteiger partial charge in [0.25, 0.3) is 0 Å². The molecule has 5 nitrogen and oxygen atoms in total. The third-order valence-corrected chi connectivity index (χ3v) is 5.49. The number of nitrogens with zero attached hydrogens (tertiary/aromatic N) is 1.